The second kappa shape index (κ2) is 10.3. The van der Waals surface area contributed by atoms with E-state index in [1.54, 1.807) is 35.0 Å². The minimum absolute atomic E-state index is 0.0549. The summed E-state index contributed by atoms with van der Waals surface area (Å²) in [6, 6.07) is 14.0. The molecule has 0 atom stereocenters. The van der Waals surface area contributed by atoms with E-state index in [4.69, 9.17) is 4.74 Å². The number of methoxy groups -OCH3 is 1. The van der Waals surface area contributed by atoms with Crippen LogP contribution in [0.1, 0.15) is 16.8 Å². The molecule has 1 N–H and O–H groups in total. The van der Waals surface area contributed by atoms with E-state index in [0.29, 0.717) is 11.3 Å². The van der Waals surface area contributed by atoms with Crippen molar-refractivity contribution < 1.29 is 27.1 Å². The van der Waals surface area contributed by atoms with Crippen LogP contribution in [0.2, 0.25) is 0 Å². The van der Waals surface area contributed by atoms with E-state index in [0.717, 1.165) is 12.1 Å². The number of anilines is 1. The summed E-state index contributed by atoms with van der Waals surface area (Å²) in [7, 11) is 1.50. The van der Waals surface area contributed by atoms with Crippen molar-refractivity contribution in [3.63, 3.8) is 0 Å². The zero-order valence-electron chi connectivity index (χ0n) is 17.4. The second-order valence-corrected chi connectivity index (χ2v) is 7.15. The third-order valence-electron chi connectivity index (χ3n) is 4.85. The molecule has 0 aliphatic carbocycles. The monoisotopic (exact) mass is 449 g/mol. The molecular weight excluding hydrogens is 426 g/mol. The number of rotatable bonds is 8. The number of hydrogen-bond donors (Lipinski definition) is 1. The second-order valence-electron chi connectivity index (χ2n) is 7.15. The van der Waals surface area contributed by atoms with Gasteiger partial charge in [-0.1, -0.05) is 24.3 Å². The van der Waals surface area contributed by atoms with Gasteiger partial charge < -0.3 is 19.5 Å². The van der Waals surface area contributed by atoms with Gasteiger partial charge in [0.2, 0.25) is 0 Å². The number of urea groups is 1. The van der Waals surface area contributed by atoms with E-state index < -0.39 is 23.6 Å². The Morgan fingerprint density at radius 3 is 2.59 bits per heavy atom. The Morgan fingerprint density at radius 2 is 1.88 bits per heavy atom. The number of ether oxygens (including phenoxy) is 1. The van der Waals surface area contributed by atoms with Gasteiger partial charge in [-0.3, -0.25) is 0 Å². The quantitative estimate of drug-likeness (QED) is 0.470. The van der Waals surface area contributed by atoms with Gasteiger partial charge in [0.15, 0.2) is 0 Å². The first-order chi connectivity index (χ1) is 15.3. The highest BCUT2D eigenvalue weighted by molar-refractivity contribution is 5.89. The first kappa shape index (κ1) is 23.3. The summed E-state index contributed by atoms with van der Waals surface area (Å²) in [4.78, 5) is 14.2. The Balaban J connectivity index is 1.76. The van der Waals surface area contributed by atoms with Gasteiger partial charge in [0.25, 0.3) is 0 Å². The van der Waals surface area contributed by atoms with Gasteiger partial charge in [-0.05, 0) is 42.0 Å². The van der Waals surface area contributed by atoms with Gasteiger partial charge in [-0.15, -0.1) is 0 Å². The number of alkyl halides is 3. The lowest BCUT2D eigenvalue weighted by atomic mass is 10.1. The zero-order chi connectivity index (χ0) is 23.1. The lowest BCUT2D eigenvalue weighted by Crippen LogP contribution is -2.37. The predicted octanol–water partition coefficient (Wildman–Crippen LogP) is 5.37. The highest BCUT2D eigenvalue weighted by Gasteiger charge is 2.30. The Bertz CT molecular complexity index is 1050. The van der Waals surface area contributed by atoms with Crippen LogP contribution in [0.25, 0.3) is 0 Å². The van der Waals surface area contributed by atoms with E-state index in [1.165, 1.54) is 36.3 Å². The molecular formula is C23H23F4N3O2. The summed E-state index contributed by atoms with van der Waals surface area (Å²) in [5.41, 5.74) is 0.535. The van der Waals surface area contributed by atoms with Crippen molar-refractivity contribution in [3.8, 4) is 0 Å². The van der Waals surface area contributed by atoms with Crippen LogP contribution in [-0.4, -0.2) is 35.8 Å². The van der Waals surface area contributed by atoms with Crippen LogP contribution < -0.4 is 5.32 Å². The highest BCUT2D eigenvalue weighted by Crippen LogP contribution is 2.29. The van der Waals surface area contributed by atoms with Crippen LogP contribution in [-0.2, 0) is 24.0 Å². The molecule has 1 aromatic heterocycles. The maximum Gasteiger partial charge on any atom is 0.416 e. The maximum atomic E-state index is 13.9. The molecule has 0 spiro atoms. The fourth-order valence-electron chi connectivity index (χ4n) is 3.20. The molecule has 2 aromatic carbocycles. The van der Waals surface area contributed by atoms with Gasteiger partial charge in [-0.2, -0.15) is 13.2 Å². The molecule has 0 aliphatic rings. The first-order valence-corrected chi connectivity index (χ1v) is 9.87. The number of nitrogens with one attached hydrogen (secondary N) is 1. The minimum Gasteiger partial charge on any atom is -0.383 e. The molecule has 1 heterocycles. The number of carbonyl (C=O) groups excluding carboxylic acids is 1. The number of aromatic nitrogens is 1. The van der Waals surface area contributed by atoms with Gasteiger partial charge in [0.1, 0.15) is 5.82 Å². The molecule has 0 bridgehead atoms. The number of halogens is 4. The summed E-state index contributed by atoms with van der Waals surface area (Å²) in [5.74, 6) is -0.555. The number of benzene rings is 2. The number of carbonyl (C=O) groups is 1. The van der Waals surface area contributed by atoms with E-state index in [-0.39, 0.29) is 31.9 Å². The smallest absolute Gasteiger partial charge is 0.383 e. The van der Waals surface area contributed by atoms with Crippen molar-refractivity contribution in [1.29, 1.82) is 0 Å². The number of amides is 2. The molecule has 0 radical (unpaired) electrons. The molecule has 2 amide bonds. The maximum absolute atomic E-state index is 13.9. The molecule has 0 saturated carbocycles. The van der Waals surface area contributed by atoms with Gasteiger partial charge in [0, 0.05) is 32.1 Å². The molecule has 3 aromatic rings. The molecule has 5 nitrogen and oxygen atoms in total. The zero-order valence-corrected chi connectivity index (χ0v) is 17.4. The number of nitrogens with zero attached hydrogens (tertiary/aromatic N) is 2. The minimum atomic E-state index is -4.42. The highest BCUT2D eigenvalue weighted by atomic mass is 19.4. The van der Waals surface area contributed by atoms with Crippen molar-refractivity contribution >= 4 is 11.7 Å². The summed E-state index contributed by atoms with van der Waals surface area (Å²) in [6.07, 6.45) is -2.68. The average Bonchev–Trinajstić information content (AvgIpc) is 3.18. The Kier molecular flexibility index (Phi) is 7.53. The van der Waals surface area contributed by atoms with Crippen LogP contribution >= 0.6 is 0 Å². The van der Waals surface area contributed by atoms with Gasteiger partial charge >= 0.3 is 12.2 Å². The number of hydrogen-bond acceptors (Lipinski definition) is 2. The summed E-state index contributed by atoms with van der Waals surface area (Å²) in [5, 5.41) is 2.55. The van der Waals surface area contributed by atoms with E-state index >= 15 is 0 Å². The summed E-state index contributed by atoms with van der Waals surface area (Å²) >= 11 is 0. The van der Waals surface area contributed by atoms with Crippen LogP contribution in [0.4, 0.5) is 28.0 Å². The third-order valence-corrected chi connectivity index (χ3v) is 4.85. The summed E-state index contributed by atoms with van der Waals surface area (Å²) in [6.45, 7) is 0.874. The van der Waals surface area contributed by atoms with Crippen molar-refractivity contribution in [3.05, 3.63) is 89.5 Å². The fraction of sp³-hybridized carbons (Fsp3) is 0.261. The van der Waals surface area contributed by atoms with Crippen LogP contribution in [0.3, 0.4) is 0 Å². The Morgan fingerprint density at radius 1 is 1.09 bits per heavy atom. The fourth-order valence-corrected chi connectivity index (χ4v) is 3.20. The topological polar surface area (TPSA) is 46.5 Å². The lowest BCUT2D eigenvalue weighted by molar-refractivity contribution is -0.137. The molecule has 0 saturated heterocycles. The van der Waals surface area contributed by atoms with Gasteiger partial charge in [0.05, 0.1) is 24.4 Å². The van der Waals surface area contributed by atoms with E-state index in [2.05, 4.69) is 5.32 Å². The van der Waals surface area contributed by atoms with Crippen LogP contribution in [0, 0.1) is 5.82 Å². The normalized spacial score (nSPS) is 11.4. The average molecular weight is 449 g/mol. The lowest BCUT2D eigenvalue weighted by Gasteiger charge is -2.24. The molecule has 0 aliphatic heterocycles. The van der Waals surface area contributed by atoms with E-state index in [9.17, 15) is 22.4 Å². The molecule has 32 heavy (non-hydrogen) atoms. The molecule has 9 heteroatoms. The van der Waals surface area contributed by atoms with Crippen LogP contribution in [0.15, 0.2) is 66.9 Å². The van der Waals surface area contributed by atoms with Crippen molar-refractivity contribution in [2.75, 3.05) is 25.6 Å². The van der Waals surface area contributed by atoms with Crippen molar-refractivity contribution in [1.82, 2.24) is 9.47 Å². The predicted molar refractivity (Wildman–Crippen MR) is 113 cm³/mol. The SMILES string of the molecule is COCCN(Cc1cccn1Cc1cccc(C(F)(F)F)c1)C(=O)Nc1ccccc1F. The first-order valence-electron chi connectivity index (χ1n) is 9.87. The van der Waals surface area contributed by atoms with Gasteiger partial charge in [-0.25, -0.2) is 9.18 Å². The third kappa shape index (κ3) is 6.10. The van der Waals surface area contributed by atoms with Crippen LogP contribution in [0.5, 0.6) is 0 Å². The standard InChI is InChI=1S/C23H23F4N3O2/c1-32-13-12-30(22(31)28-21-10-3-2-9-20(21)24)16-19-8-5-11-29(19)15-17-6-4-7-18(14-17)23(25,26)27/h2-11,14H,12-13,15-16H2,1H3,(H,28,31). The van der Waals surface area contributed by atoms with Crippen molar-refractivity contribution in [2.24, 2.45) is 0 Å². The largest absolute Gasteiger partial charge is 0.416 e. The molecule has 3 rings (SSSR count). The molecule has 0 unspecified atom stereocenters. The number of para-hydroxylation sites is 1. The molecule has 170 valence electrons. The van der Waals surface area contributed by atoms with Crippen molar-refractivity contribution in [2.45, 2.75) is 19.3 Å². The Hall–Kier alpha value is -3.33. The Labute approximate surface area is 183 Å². The molecule has 0 fully saturated rings. The van der Waals surface area contributed by atoms with E-state index in [1.807, 2.05) is 0 Å². The summed E-state index contributed by atoms with van der Waals surface area (Å²) < 4.78 is 59.8.